The number of furan rings is 1. The first-order valence-corrected chi connectivity index (χ1v) is 7.41. The Bertz CT molecular complexity index is 431. The molecule has 0 amide bonds. The molecule has 2 saturated heterocycles. The molecule has 0 aromatic carbocycles. The molecule has 3 unspecified atom stereocenters. The number of hydrogen-bond donors (Lipinski definition) is 1. The van der Waals surface area contributed by atoms with Crippen molar-refractivity contribution in [3.8, 4) is 0 Å². The molecule has 3 rings (SSSR count). The van der Waals surface area contributed by atoms with E-state index in [-0.39, 0.29) is 6.04 Å². The van der Waals surface area contributed by atoms with Crippen molar-refractivity contribution >= 4 is 0 Å². The molecule has 0 saturated carbocycles. The predicted molar refractivity (Wildman–Crippen MR) is 76.0 cm³/mol. The third kappa shape index (κ3) is 2.45. The maximum absolute atomic E-state index is 6.01. The molecule has 2 fully saturated rings. The molecule has 0 radical (unpaired) electrons. The normalized spacial score (nSPS) is 30.5. The summed E-state index contributed by atoms with van der Waals surface area (Å²) in [6, 6.07) is 5.82. The minimum absolute atomic E-state index is 0.237. The Morgan fingerprint density at radius 2 is 2.11 bits per heavy atom. The summed E-state index contributed by atoms with van der Waals surface area (Å²) in [5, 5.41) is 0. The van der Waals surface area contributed by atoms with Gasteiger partial charge in [0.15, 0.2) is 0 Å². The van der Waals surface area contributed by atoms with Crippen molar-refractivity contribution in [2.24, 2.45) is 5.73 Å². The average molecular weight is 263 g/mol. The van der Waals surface area contributed by atoms with E-state index in [0.717, 1.165) is 30.7 Å². The van der Waals surface area contributed by atoms with E-state index in [4.69, 9.17) is 10.2 Å². The van der Waals surface area contributed by atoms with Crippen LogP contribution in [0, 0.1) is 6.92 Å². The number of hydrogen-bond acceptors (Lipinski definition) is 4. The fourth-order valence-corrected chi connectivity index (χ4v) is 3.70. The molecule has 106 valence electrons. The highest BCUT2D eigenvalue weighted by Crippen LogP contribution is 2.32. The van der Waals surface area contributed by atoms with Gasteiger partial charge < -0.3 is 10.2 Å². The lowest BCUT2D eigenvalue weighted by atomic mass is 10.1. The summed E-state index contributed by atoms with van der Waals surface area (Å²) in [5.74, 6) is 2.00. The first-order chi connectivity index (χ1) is 9.19. The topological polar surface area (TPSA) is 45.6 Å². The molecular formula is C15H25N3O. The Labute approximate surface area is 115 Å². The van der Waals surface area contributed by atoms with Gasteiger partial charge in [-0.05, 0) is 45.4 Å². The average Bonchev–Trinajstić information content (AvgIpc) is 2.88. The van der Waals surface area contributed by atoms with Crippen LogP contribution in [-0.4, -0.2) is 48.6 Å². The van der Waals surface area contributed by atoms with Crippen LogP contribution in [0.4, 0.5) is 0 Å². The van der Waals surface area contributed by atoms with E-state index in [1.165, 1.54) is 19.3 Å². The molecule has 2 N–H and O–H groups in total. The van der Waals surface area contributed by atoms with Gasteiger partial charge in [0.1, 0.15) is 11.5 Å². The Morgan fingerprint density at radius 3 is 2.79 bits per heavy atom. The summed E-state index contributed by atoms with van der Waals surface area (Å²) in [6.07, 6.45) is 3.94. The van der Waals surface area contributed by atoms with Crippen LogP contribution in [0.15, 0.2) is 16.5 Å². The summed E-state index contributed by atoms with van der Waals surface area (Å²) >= 11 is 0. The lowest BCUT2D eigenvalue weighted by Gasteiger charge is -2.31. The molecule has 3 atom stereocenters. The maximum Gasteiger partial charge on any atom is 0.122 e. The standard InChI is InChI=1S/C15H25N3O/c1-11-3-6-15(19-11)14(9-16)18-8-7-12-4-5-13(10-18)17(12)2/h3,6,12-14H,4-5,7-10,16H2,1-2H3. The third-order valence-electron chi connectivity index (χ3n) is 4.93. The van der Waals surface area contributed by atoms with Crippen LogP contribution < -0.4 is 5.73 Å². The second kappa shape index (κ2) is 5.27. The Balaban J connectivity index is 1.77. The molecule has 3 heterocycles. The van der Waals surface area contributed by atoms with Gasteiger partial charge in [0, 0.05) is 31.7 Å². The van der Waals surface area contributed by atoms with Crippen molar-refractivity contribution in [1.29, 1.82) is 0 Å². The highest BCUT2D eigenvalue weighted by molar-refractivity contribution is 5.11. The zero-order valence-corrected chi connectivity index (χ0v) is 12.0. The Morgan fingerprint density at radius 1 is 1.32 bits per heavy atom. The van der Waals surface area contributed by atoms with Crippen molar-refractivity contribution in [1.82, 2.24) is 9.80 Å². The molecule has 4 heteroatoms. The molecule has 1 aromatic heterocycles. The smallest absolute Gasteiger partial charge is 0.122 e. The van der Waals surface area contributed by atoms with E-state index >= 15 is 0 Å². The summed E-state index contributed by atoms with van der Waals surface area (Å²) in [5.41, 5.74) is 6.01. The Hall–Kier alpha value is -0.840. The van der Waals surface area contributed by atoms with Crippen LogP contribution in [0.2, 0.25) is 0 Å². The SMILES string of the molecule is Cc1ccc(C(CN)N2CCC3CCC(C2)N3C)o1. The fraction of sp³-hybridized carbons (Fsp3) is 0.733. The number of likely N-dealkylation sites (tertiary alicyclic amines) is 1. The van der Waals surface area contributed by atoms with E-state index < -0.39 is 0 Å². The first-order valence-electron chi connectivity index (χ1n) is 7.41. The van der Waals surface area contributed by atoms with Gasteiger partial charge in [-0.1, -0.05) is 0 Å². The van der Waals surface area contributed by atoms with Gasteiger partial charge >= 0.3 is 0 Å². The molecule has 0 aliphatic carbocycles. The maximum atomic E-state index is 6.01. The van der Waals surface area contributed by atoms with Crippen LogP contribution in [-0.2, 0) is 0 Å². The molecule has 2 bridgehead atoms. The van der Waals surface area contributed by atoms with Gasteiger partial charge in [0.2, 0.25) is 0 Å². The van der Waals surface area contributed by atoms with Crippen LogP contribution in [0.3, 0.4) is 0 Å². The van der Waals surface area contributed by atoms with Crippen molar-refractivity contribution < 1.29 is 4.42 Å². The minimum atomic E-state index is 0.237. The van der Waals surface area contributed by atoms with Gasteiger partial charge in [-0.2, -0.15) is 0 Å². The van der Waals surface area contributed by atoms with Crippen molar-refractivity contribution in [3.63, 3.8) is 0 Å². The zero-order valence-electron chi connectivity index (χ0n) is 12.0. The third-order valence-corrected chi connectivity index (χ3v) is 4.93. The van der Waals surface area contributed by atoms with E-state index in [1.807, 2.05) is 13.0 Å². The number of nitrogens with two attached hydrogens (primary N) is 1. The molecule has 4 nitrogen and oxygen atoms in total. The quantitative estimate of drug-likeness (QED) is 0.902. The van der Waals surface area contributed by atoms with Gasteiger partial charge in [0.25, 0.3) is 0 Å². The molecule has 0 spiro atoms. The number of rotatable bonds is 3. The van der Waals surface area contributed by atoms with Gasteiger partial charge in [-0.3, -0.25) is 9.80 Å². The highest BCUT2D eigenvalue weighted by atomic mass is 16.3. The number of likely N-dealkylation sites (N-methyl/N-ethyl adjacent to an activating group) is 1. The van der Waals surface area contributed by atoms with Crippen LogP contribution in [0.25, 0.3) is 0 Å². The van der Waals surface area contributed by atoms with Gasteiger partial charge in [-0.15, -0.1) is 0 Å². The molecule has 2 aliphatic rings. The Kier molecular flexibility index (Phi) is 3.65. The lowest BCUT2D eigenvalue weighted by Crippen LogP contribution is -2.40. The van der Waals surface area contributed by atoms with Crippen molar-refractivity contribution in [3.05, 3.63) is 23.7 Å². The van der Waals surface area contributed by atoms with Crippen LogP contribution >= 0.6 is 0 Å². The second-order valence-electron chi connectivity index (χ2n) is 6.03. The number of aryl methyl sites for hydroxylation is 1. The second-order valence-corrected chi connectivity index (χ2v) is 6.03. The molecule has 2 aliphatic heterocycles. The summed E-state index contributed by atoms with van der Waals surface area (Å²) in [4.78, 5) is 5.10. The van der Waals surface area contributed by atoms with Gasteiger partial charge in [0.05, 0.1) is 6.04 Å². The number of nitrogens with zero attached hydrogens (tertiary/aromatic N) is 2. The lowest BCUT2D eigenvalue weighted by molar-refractivity contribution is 0.158. The molecule has 1 aromatic rings. The van der Waals surface area contributed by atoms with E-state index in [9.17, 15) is 0 Å². The molecule has 19 heavy (non-hydrogen) atoms. The van der Waals surface area contributed by atoms with E-state index in [0.29, 0.717) is 12.6 Å². The van der Waals surface area contributed by atoms with Crippen molar-refractivity contribution in [2.45, 2.75) is 44.3 Å². The summed E-state index contributed by atoms with van der Waals surface area (Å²) in [6.45, 7) is 4.88. The van der Waals surface area contributed by atoms with E-state index in [2.05, 4.69) is 22.9 Å². The first kappa shape index (κ1) is 13.2. The minimum Gasteiger partial charge on any atom is -0.465 e. The fourth-order valence-electron chi connectivity index (χ4n) is 3.70. The summed E-state index contributed by atoms with van der Waals surface area (Å²) in [7, 11) is 2.28. The van der Waals surface area contributed by atoms with Crippen LogP contribution in [0.1, 0.15) is 36.8 Å². The highest BCUT2D eigenvalue weighted by Gasteiger charge is 2.37. The van der Waals surface area contributed by atoms with Crippen LogP contribution in [0.5, 0.6) is 0 Å². The largest absolute Gasteiger partial charge is 0.465 e. The van der Waals surface area contributed by atoms with Gasteiger partial charge in [-0.25, -0.2) is 0 Å². The monoisotopic (exact) mass is 263 g/mol. The molecular weight excluding hydrogens is 238 g/mol. The van der Waals surface area contributed by atoms with Crippen molar-refractivity contribution in [2.75, 3.05) is 26.7 Å². The predicted octanol–water partition coefficient (Wildman–Crippen LogP) is 1.76. The summed E-state index contributed by atoms with van der Waals surface area (Å²) < 4.78 is 5.80. The van der Waals surface area contributed by atoms with E-state index in [1.54, 1.807) is 0 Å². The number of fused-ring (bicyclic) bond motifs is 2. The zero-order chi connectivity index (χ0) is 13.4.